The van der Waals surface area contributed by atoms with E-state index in [0.29, 0.717) is 17.3 Å². The van der Waals surface area contributed by atoms with E-state index in [4.69, 9.17) is 11.6 Å². The molecular formula is C25H18ClN3O2. The van der Waals surface area contributed by atoms with Gasteiger partial charge in [0.25, 0.3) is 11.8 Å². The molecule has 0 atom stereocenters. The summed E-state index contributed by atoms with van der Waals surface area (Å²) in [4.78, 5) is 25.5. The summed E-state index contributed by atoms with van der Waals surface area (Å²) in [5, 5.41) is 2.95. The van der Waals surface area contributed by atoms with Gasteiger partial charge in [0.1, 0.15) is 5.57 Å². The molecule has 0 aliphatic carbocycles. The number of hydrazine groups is 1. The Kier molecular flexibility index (Phi) is 4.81. The summed E-state index contributed by atoms with van der Waals surface area (Å²) in [6, 6.07) is 24.7. The highest BCUT2D eigenvalue weighted by Crippen LogP contribution is 2.27. The second kappa shape index (κ2) is 7.78. The molecule has 1 fully saturated rings. The van der Waals surface area contributed by atoms with Gasteiger partial charge in [0.05, 0.1) is 5.69 Å². The minimum Gasteiger partial charge on any atom is -0.342 e. The number of hydrogen-bond acceptors (Lipinski definition) is 2. The highest BCUT2D eigenvalue weighted by atomic mass is 35.5. The van der Waals surface area contributed by atoms with Crippen molar-refractivity contribution in [3.05, 3.63) is 107 Å². The predicted molar refractivity (Wildman–Crippen MR) is 123 cm³/mol. The van der Waals surface area contributed by atoms with Gasteiger partial charge >= 0.3 is 0 Å². The molecule has 1 aliphatic rings. The van der Waals surface area contributed by atoms with Gasteiger partial charge in [-0.3, -0.25) is 15.0 Å². The number of nitrogens with one attached hydrogen (secondary N) is 1. The molecule has 0 bridgehead atoms. The Hall–Kier alpha value is -3.83. The number of para-hydroxylation sites is 2. The van der Waals surface area contributed by atoms with Gasteiger partial charge in [-0.05, 0) is 42.0 Å². The van der Waals surface area contributed by atoms with Crippen LogP contribution in [0.5, 0.6) is 0 Å². The molecular weight excluding hydrogens is 410 g/mol. The van der Waals surface area contributed by atoms with E-state index in [9.17, 15) is 9.59 Å². The normalized spacial score (nSPS) is 15.1. The summed E-state index contributed by atoms with van der Waals surface area (Å²) in [5.41, 5.74) is 6.32. The van der Waals surface area contributed by atoms with E-state index in [0.717, 1.165) is 22.0 Å². The molecule has 6 heteroatoms. The molecule has 5 nitrogen and oxygen atoms in total. The lowest BCUT2D eigenvalue weighted by Gasteiger charge is -2.13. The minimum absolute atomic E-state index is 0.109. The Morgan fingerprint density at radius 1 is 0.871 bits per heavy atom. The third-order valence-corrected chi connectivity index (χ3v) is 5.54. The number of nitrogens with zero attached hydrogens (tertiary/aromatic N) is 2. The number of aromatic nitrogens is 1. The largest absolute Gasteiger partial charge is 0.342 e. The van der Waals surface area contributed by atoms with Gasteiger partial charge in [0.2, 0.25) is 0 Å². The standard InChI is InChI=1S/C25H18ClN3O2/c26-19-12-10-17(11-13-19)15-28-16-18(21-8-4-5-9-23(21)28)14-22-24(30)27-29(25(22)31)20-6-2-1-3-7-20/h1-14,16H,15H2,(H,27,30)/b22-14+. The smallest absolute Gasteiger partial charge is 0.282 e. The average Bonchev–Trinajstić information content (AvgIpc) is 3.28. The zero-order valence-electron chi connectivity index (χ0n) is 16.5. The second-order valence-electron chi connectivity index (χ2n) is 7.33. The van der Waals surface area contributed by atoms with Crippen LogP contribution in [0, 0.1) is 0 Å². The first-order valence-corrected chi connectivity index (χ1v) is 10.2. The summed E-state index contributed by atoms with van der Waals surface area (Å²) in [7, 11) is 0. The molecule has 3 aromatic carbocycles. The van der Waals surface area contributed by atoms with E-state index in [2.05, 4.69) is 9.99 Å². The van der Waals surface area contributed by atoms with Gasteiger partial charge < -0.3 is 4.57 Å². The van der Waals surface area contributed by atoms with Crippen LogP contribution in [0.25, 0.3) is 17.0 Å². The number of amides is 2. The zero-order chi connectivity index (χ0) is 21.4. The molecule has 152 valence electrons. The number of halogens is 1. The minimum atomic E-state index is -0.414. The van der Waals surface area contributed by atoms with Crippen molar-refractivity contribution in [3.63, 3.8) is 0 Å². The second-order valence-corrected chi connectivity index (χ2v) is 7.77. The Morgan fingerprint density at radius 3 is 2.35 bits per heavy atom. The van der Waals surface area contributed by atoms with Crippen LogP contribution < -0.4 is 10.4 Å². The molecule has 1 N–H and O–H groups in total. The van der Waals surface area contributed by atoms with E-state index < -0.39 is 5.91 Å². The zero-order valence-corrected chi connectivity index (χ0v) is 17.2. The highest BCUT2D eigenvalue weighted by molar-refractivity contribution is 6.32. The maximum absolute atomic E-state index is 12.9. The fraction of sp³-hybridized carbons (Fsp3) is 0.0400. The number of carbonyl (C=O) groups is 2. The van der Waals surface area contributed by atoms with Crippen LogP contribution in [0.1, 0.15) is 11.1 Å². The van der Waals surface area contributed by atoms with Gasteiger partial charge in [-0.1, -0.05) is 60.1 Å². The first-order valence-electron chi connectivity index (χ1n) is 9.85. The molecule has 5 rings (SSSR count). The van der Waals surface area contributed by atoms with Crippen LogP contribution in [-0.2, 0) is 16.1 Å². The summed E-state index contributed by atoms with van der Waals surface area (Å²) >= 11 is 6.00. The summed E-state index contributed by atoms with van der Waals surface area (Å²) < 4.78 is 2.11. The highest BCUT2D eigenvalue weighted by Gasteiger charge is 2.34. The fourth-order valence-corrected chi connectivity index (χ4v) is 3.91. The average molecular weight is 428 g/mol. The SMILES string of the molecule is O=C1NN(c2ccccc2)C(=O)/C1=C/c1cn(Cc2ccc(Cl)cc2)c2ccccc12. The van der Waals surface area contributed by atoms with Crippen LogP contribution in [-0.4, -0.2) is 16.4 Å². The lowest BCUT2D eigenvalue weighted by Crippen LogP contribution is -2.35. The summed E-state index contributed by atoms with van der Waals surface area (Å²) in [6.07, 6.45) is 3.64. The van der Waals surface area contributed by atoms with Gasteiger partial charge in [0.15, 0.2) is 0 Å². The van der Waals surface area contributed by atoms with E-state index in [1.807, 2.05) is 72.9 Å². The van der Waals surface area contributed by atoms with Gasteiger partial charge in [-0.25, -0.2) is 5.01 Å². The van der Waals surface area contributed by atoms with Crippen LogP contribution in [0.2, 0.25) is 5.02 Å². The van der Waals surface area contributed by atoms with E-state index in [1.54, 1.807) is 18.2 Å². The molecule has 0 spiro atoms. The van der Waals surface area contributed by atoms with Crippen molar-refractivity contribution in [2.75, 3.05) is 5.01 Å². The van der Waals surface area contributed by atoms with Crippen molar-refractivity contribution >= 4 is 46.1 Å². The van der Waals surface area contributed by atoms with E-state index in [-0.39, 0.29) is 11.5 Å². The molecule has 1 aliphatic heterocycles. The third kappa shape index (κ3) is 3.60. The van der Waals surface area contributed by atoms with Crippen molar-refractivity contribution in [1.82, 2.24) is 9.99 Å². The molecule has 31 heavy (non-hydrogen) atoms. The Labute approximate surface area is 184 Å². The molecule has 0 unspecified atom stereocenters. The molecule has 2 heterocycles. The topological polar surface area (TPSA) is 54.3 Å². The van der Waals surface area contributed by atoms with E-state index >= 15 is 0 Å². The van der Waals surface area contributed by atoms with Crippen molar-refractivity contribution in [1.29, 1.82) is 0 Å². The lowest BCUT2D eigenvalue weighted by atomic mass is 10.1. The first-order chi connectivity index (χ1) is 15.1. The van der Waals surface area contributed by atoms with Gasteiger partial charge in [-0.2, -0.15) is 0 Å². The van der Waals surface area contributed by atoms with Gasteiger partial charge in [0, 0.05) is 34.2 Å². The molecule has 0 saturated carbocycles. The van der Waals surface area contributed by atoms with Crippen LogP contribution >= 0.6 is 11.6 Å². The Morgan fingerprint density at radius 2 is 1.58 bits per heavy atom. The van der Waals surface area contributed by atoms with Crippen molar-refractivity contribution < 1.29 is 9.59 Å². The van der Waals surface area contributed by atoms with Crippen LogP contribution in [0.15, 0.2) is 90.6 Å². The third-order valence-electron chi connectivity index (χ3n) is 5.29. The molecule has 2 amide bonds. The van der Waals surface area contributed by atoms with E-state index in [1.165, 1.54) is 5.01 Å². The molecule has 1 aromatic heterocycles. The predicted octanol–water partition coefficient (Wildman–Crippen LogP) is 4.80. The molecule has 0 radical (unpaired) electrons. The maximum atomic E-state index is 12.9. The van der Waals surface area contributed by atoms with Gasteiger partial charge in [-0.15, -0.1) is 0 Å². The first kappa shape index (κ1) is 19.2. The van der Waals surface area contributed by atoms with Crippen molar-refractivity contribution in [3.8, 4) is 0 Å². The fourth-order valence-electron chi connectivity index (χ4n) is 3.78. The maximum Gasteiger partial charge on any atom is 0.282 e. The quantitative estimate of drug-likeness (QED) is 0.375. The Balaban J connectivity index is 1.53. The molecule has 1 saturated heterocycles. The number of hydrogen-bond donors (Lipinski definition) is 1. The monoisotopic (exact) mass is 427 g/mol. The Bertz CT molecular complexity index is 1320. The molecule has 4 aromatic rings. The number of anilines is 1. The number of carbonyl (C=O) groups excluding carboxylic acids is 2. The summed E-state index contributed by atoms with van der Waals surface area (Å²) in [5.74, 6) is -0.783. The van der Waals surface area contributed by atoms with Crippen molar-refractivity contribution in [2.45, 2.75) is 6.54 Å². The number of benzene rings is 3. The van der Waals surface area contributed by atoms with Crippen molar-refractivity contribution in [2.24, 2.45) is 0 Å². The number of fused-ring (bicyclic) bond motifs is 1. The van der Waals surface area contributed by atoms with Crippen LogP contribution in [0.4, 0.5) is 5.69 Å². The number of rotatable bonds is 4. The van der Waals surface area contributed by atoms with Crippen LogP contribution in [0.3, 0.4) is 0 Å². The lowest BCUT2D eigenvalue weighted by molar-refractivity contribution is -0.117. The summed E-state index contributed by atoms with van der Waals surface area (Å²) in [6.45, 7) is 0.650.